The van der Waals surface area contributed by atoms with Crippen molar-refractivity contribution in [1.82, 2.24) is 0 Å². The molecule has 3 heteroatoms. The van der Waals surface area contributed by atoms with Crippen molar-refractivity contribution in [2.24, 2.45) is 0 Å². The van der Waals surface area contributed by atoms with Gasteiger partial charge in [-0.15, -0.1) is 0 Å². The smallest absolute Gasteiger partial charge is 0.156 e. The average molecular weight is 148 g/mol. The first-order valence-corrected chi connectivity index (χ1v) is 4.19. The van der Waals surface area contributed by atoms with Crippen LogP contribution in [0.15, 0.2) is 11.6 Å². The maximum atomic E-state index is 10.2. The van der Waals surface area contributed by atoms with Crippen LogP contribution in [0.1, 0.15) is 20.3 Å². The number of hydrogen-bond acceptors (Lipinski definition) is 1. The predicted octanol–water partition coefficient (Wildman–Crippen LogP) is 1.56. The van der Waals surface area contributed by atoms with Gasteiger partial charge in [0.15, 0.2) is 11.1 Å². The first-order valence-electron chi connectivity index (χ1n) is 2.92. The Hall–Kier alpha value is -0.150. The van der Waals surface area contributed by atoms with Crippen molar-refractivity contribution in [3.05, 3.63) is 11.6 Å². The van der Waals surface area contributed by atoms with Gasteiger partial charge in [0.1, 0.15) is 0 Å². The van der Waals surface area contributed by atoms with Gasteiger partial charge in [-0.2, -0.15) is 0 Å². The monoisotopic (exact) mass is 148 g/mol. The molecular formula is C6H12O2S. The molecule has 1 N–H and O–H groups in total. The molecule has 0 aromatic rings. The van der Waals surface area contributed by atoms with E-state index in [2.05, 4.69) is 0 Å². The second kappa shape index (κ2) is 4.70. The third kappa shape index (κ3) is 4.36. The van der Waals surface area contributed by atoms with Gasteiger partial charge in [-0.05, 0) is 13.3 Å². The van der Waals surface area contributed by atoms with E-state index in [4.69, 9.17) is 4.55 Å². The Morgan fingerprint density at radius 2 is 2.33 bits per heavy atom. The lowest BCUT2D eigenvalue weighted by molar-refractivity contribution is 0.566. The van der Waals surface area contributed by atoms with Crippen molar-refractivity contribution >= 4 is 11.1 Å². The lowest BCUT2D eigenvalue weighted by Gasteiger charge is -1.96. The van der Waals surface area contributed by atoms with Gasteiger partial charge in [0.25, 0.3) is 0 Å². The van der Waals surface area contributed by atoms with E-state index >= 15 is 0 Å². The maximum Gasteiger partial charge on any atom is 0.156 e. The molecular weight excluding hydrogens is 136 g/mol. The van der Waals surface area contributed by atoms with Crippen LogP contribution in [0, 0.1) is 0 Å². The Kier molecular flexibility index (Phi) is 4.62. The van der Waals surface area contributed by atoms with Crippen LogP contribution in [0.4, 0.5) is 0 Å². The normalized spacial score (nSPS) is 15.7. The van der Waals surface area contributed by atoms with Gasteiger partial charge in [0, 0.05) is 0 Å². The zero-order valence-corrected chi connectivity index (χ0v) is 6.57. The van der Waals surface area contributed by atoms with Crippen molar-refractivity contribution in [2.75, 3.05) is 5.75 Å². The highest BCUT2D eigenvalue weighted by Gasteiger charge is 1.95. The molecule has 0 amide bonds. The molecule has 9 heavy (non-hydrogen) atoms. The zero-order valence-electron chi connectivity index (χ0n) is 5.76. The molecule has 0 fully saturated rings. The van der Waals surface area contributed by atoms with Crippen LogP contribution in [0.25, 0.3) is 0 Å². The van der Waals surface area contributed by atoms with Gasteiger partial charge in [0.2, 0.25) is 0 Å². The van der Waals surface area contributed by atoms with Crippen molar-refractivity contribution < 1.29 is 8.76 Å². The second-order valence-corrected chi connectivity index (χ2v) is 2.70. The molecule has 0 aromatic heterocycles. The molecule has 0 aliphatic carbocycles. The molecule has 0 saturated heterocycles. The summed E-state index contributed by atoms with van der Waals surface area (Å²) in [7, 11) is 0. The van der Waals surface area contributed by atoms with E-state index in [1.165, 1.54) is 0 Å². The third-order valence-corrected chi connectivity index (χ3v) is 1.79. The highest BCUT2D eigenvalue weighted by atomic mass is 32.2. The van der Waals surface area contributed by atoms with E-state index in [-0.39, 0.29) is 0 Å². The Morgan fingerprint density at radius 1 is 1.78 bits per heavy atom. The summed E-state index contributed by atoms with van der Waals surface area (Å²) in [6.07, 6.45) is 2.75. The van der Waals surface area contributed by atoms with Gasteiger partial charge in [-0.3, -0.25) is 0 Å². The SMILES string of the molecule is CC=C(CC)CS(=O)O. The van der Waals surface area contributed by atoms with E-state index in [0.717, 1.165) is 12.0 Å². The molecule has 54 valence electrons. The lowest BCUT2D eigenvalue weighted by atomic mass is 10.2. The van der Waals surface area contributed by atoms with E-state index in [0.29, 0.717) is 5.75 Å². The van der Waals surface area contributed by atoms with Crippen LogP contribution in [-0.4, -0.2) is 14.5 Å². The van der Waals surface area contributed by atoms with Crippen LogP contribution >= 0.6 is 0 Å². The summed E-state index contributed by atoms with van der Waals surface area (Å²) in [5.74, 6) is 0.299. The molecule has 2 nitrogen and oxygen atoms in total. The highest BCUT2D eigenvalue weighted by Crippen LogP contribution is 2.00. The number of rotatable bonds is 3. The molecule has 0 saturated carbocycles. The summed E-state index contributed by atoms with van der Waals surface area (Å²) in [6.45, 7) is 3.86. The Bertz CT molecular complexity index is 129. The molecule has 0 rings (SSSR count). The predicted molar refractivity (Wildman–Crippen MR) is 39.7 cm³/mol. The van der Waals surface area contributed by atoms with E-state index in [1.807, 2.05) is 19.9 Å². The number of allylic oxidation sites excluding steroid dienone is 1. The average Bonchev–Trinajstić information content (AvgIpc) is 1.82. The van der Waals surface area contributed by atoms with E-state index in [9.17, 15) is 4.21 Å². The van der Waals surface area contributed by atoms with Crippen LogP contribution in [0.3, 0.4) is 0 Å². The minimum atomic E-state index is -1.66. The summed E-state index contributed by atoms with van der Waals surface area (Å²) in [5.41, 5.74) is 1.04. The molecule has 0 aliphatic rings. The van der Waals surface area contributed by atoms with Crippen molar-refractivity contribution in [3.63, 3.8) is 0 Å². The fraction of sp³-hybridized carbons (Fsp3) is 0.667. The van der Waals surface area contributed by atoms with Gasteiger partial charge in [-0.25, -0.2) is 4.21 Å². The molecule has 0 aliphatic heterocycles. The molecule has 1 atom stereocenters. The lowest BCUT2D eigenvalue weighted by Crippen LogP contribution is -1.97. The summed E-state index contributed by atoms with van der Waals surface area (Å²) >= 11 is -1.66. The standard InChI is InChI=1S/C6H12O2S/c1-3-6(4-2)5-9(7)8/h3H,4-5H2,1-2H3,(H,7,8). The van der Waals surface area contributed by atoms with E-state index < -0.39 is 11.1 Å². The van der Waals surface area contributed by atoms with Gasteiger partial charge >= 0.3 is 0 Å². The van der Waals surface area contributed by atoms with Gasteiger partial charge in [0.05, 0.1) is 5.75 Å². The fourth-order valence-electron chi connectivity index (χ4n) is 0.548. The van der Waals surface area contributed by atoms with Crippen molar-refractivity contribution in [1.29, 1.82) is 0 Å². The molecule has 0 heterocycles. The molecule has 0 spiro atoms. The quantitative estimate of drug-likeness (QED) is 0.487. The minimum absolute atomic E-state index is 0.299. The minimum Gasteiger partial charge on any atom is -0.306 e. The molecule has 0 aromatic carbocycles. The summed E-state index contributed by atoms with van der Waals surface area (Å²) < 4.78 is 18.6. The Morgan fingerprint density at radius 3 is 2.44 bits per heavy atom. The Labute approximate surface area is 58.3 Å². The highest BCUT2D eigenvalue weighted by molar-refractivity contribution is 7.79. The summed E-state index contributed by atoms with van der Waals surface area (Å²) in [5, 5.41) is 0. The van der Waals surface area contributed by atoms with Crippen LogP contribution in [0.5, 0.6) is 0 Å². The maximum absolute atomic E-state index is 10.2. The van der Waals surface area contributed by atoms with Crippen molar-refractivity contribution in [2.45, 2.75) is 20.3 Å². The largest absolute Gasteiger partial charge is 0.306 e. The zero-order chi connectivity index (χ0) is 7.28. The molecule has 0 bridgehead atoms. The van der Waals surface area contributed by atoms with Crippen LogP contribution in [0.2, 0.25) is 0 Å². The summed E-state index contributed by atoms with van der Waals surface area (Å²) in [4.78, 5) is 0. The first-order chi connectivity index (χ1) is 4.20. The fourth-order valence-corrected chi connectivity index (χ4v) is 1.24. The van der Waals surface area contributed by atoms with Crippen molar-refractivity contribution in [3.8, 4) is 0 Å². The third-order valence-electron chi connectivity index (χ3n) is 1.17. The first kappa shape index (κ1) is 8.85. The molecule has 1 unspecified atom stereocenters. The van der Waals surface area contributed by atoms with Crippen LogP contribution < -0.4 is 0 Å². The van der Waals surface area contributed by atoms with Gasteiger partial charge < -0.3 is 4.55 Å². The Balaban J connectivity index is 3.71. The molecule has 0 radical (unpaired) electrons. The topological polar surface area (TPSA) is 37.3 Å². The van der Waals surface area contributed by atoms with E-state index in [1.54, 1.807) is 0 Å². The summed E-state index contributed by atoms with van der Waals surface area (Å²) in [6, 6.07) is 0. The second-order valence-electron chi connectivity index (χ2n) is 1.77. The number of hydrogen-bond donors (Lipinski definition) is 1. The van der Waals surface area contributed by atoms with Crippen LogP contribution in [-0.2, 0) is 11.1 Å². The van der Waals surface area contributed by atoms with Gasteiger partial charge in [-0.1, -0.05) is 18.6 Å².